The van der Waals surface area contributed by atoms with Gasteiger partial charge in [0.1, 0.15) is 5.75 Å². The summed E-state index contributed by atoms with van der Waals surface area (Å²) in [5.74, 6) is 1.34. The van der Waals surface area contributed by atoms with E-state index in [2.05, 4.69) is 23.4 Å². The van der Waals surface area contributed by atoms with E-state index < -0.39 is 10.0 Å². The van der Waals surface area contributed by atoms with Crippen molar-refractivity contribution in [1.82, 2.24) is 5.16 Å². The number of benzene rings is 1. The third kappa shape index (κ3) is 5.06. The number of methoxy groups -OCH3 is 1. The van der Waals surface area contributed by atoms with Crippen molar-refractivity contribution in [2.24, 2.45) is 5.41 Å². The first-order valence-corrected chi connectivity index (χ1v) is 12.7. The Morgan fingerprint density at radius 2 is 2.16 bits per heavy atom. The Labute approximate surface area is 184 Å². The number of allylic oxidation sites excluding steroid dienone is 1. The maximum Gasteiger partial charge on any atom is 0.236 e. The summed E-state index contributed by atoms with van der Waals surface area (Å²) >= 11 is 0. The van der Waals surface area contributed by atoms with Gasteiger partial charge in [-0.05, 0) is 62.5 Å². The average molecular weight is 449 g/mol. The molecule has 2 aromatic rings. The van der Waals surface area contributed by atoms with E-state index in [9.17, 15) is 8.42 Å². The van der Waals surface area contributed by atoms with E-state index in [-0.39, 0.29) is 23.6 Å². The number of anilines is 1. The lowest BCUT2D eigenvalue weighted by Gasteiger charge is -2.37. The minimum absolute atomic E-state index is 0.113. The van der Waals surface area contributed by atoms with Crippen LogP contribution >= 0.6 is 0 Å². The second-order valence-electron chi connectivity index (χ2n) is 9.03. The van der Waals surface area contributed by atoms with E-state index in [1.165, 1.54) is 19.1 Å². The highest BCUT2D eigenvalue weighted by Crippen LogP contribution is 2.48. The fraction of sp³-hybridized carbons (Fsp3) is 0.609. The Morgan fingerprint density at radius 3 is 2.84 bits per heavy atom. The van der Waals surface area contributed by atoms with Crippen LogP contribution in [0.15, 0.2) is 28.8 Å². The number of sulfonamides is 1. The molecular weight excluding hydrogens is 416 g/mol. The fourth-order valence-electron chi connectivity index (χ4n) is 4.46. The molecular formula is C23H32N2O5S. The molecule has 1 aromatic heterocycles. The zero-order chi connectivity index (χ0) is 22.1. The van der Waals surface area contributed by atoms with Crippen molar-refractivity contribution in [2.45, 2.75) is 57.8 Å². The lowest BCUT2D eigenvalue weighted by atomic mass is 9.71. The van der Waals surface area contributed by atoms with Gasteiger partial charge in [0.2, 0.25) is 10.0 Å². The van der Waals surface area contributed by atoms with Crippen molar-refractivity contribution in [3.8, 4) is 5.75 Å². The SMILES string of the molecule is C=C1CCCC(CC)(COc2cc3onc(NS(=O)(=O)CCOC)c3cc2C2CC2)C1. The monoisotopic (exact) mass is 448 g/mol. The largest absolute Gasteiger partial charge is 0.493 e. The highest BCUT2D eigenvalue weighted by molar-refractivity contribution is 7.92. The van der Waals surface area contributed by atoms with Gasteiger partial charge >= 0.3 is 0 Å². The summed E-state index contributed by atoms with van der Waals surface area (Å²) in [5, 5.41) is 4.63. The molecule has 0 saturated heterocycles. The van der Waals surface area contributed by atoms with Gasteiger partial charge in [-0.2, -0.15) is 0 Å². The maximum absolute atomic E-state index is 12.3. The summed E-state index contributed by atoms with van der Waals surface area (Å²) < 4.78 is 43.8. The third-order valence-electron chi connectivity index (χ3n) is 6.57. The number of aromatic nitrogens is 1. The topological polar surface area (TPSA) is 90.7 Å². The molecule has 1 unspecified atom stereocenters. The van der Waals surface area contributed by atoms with Gasteiger partial charge in [-0.3, -0.25) is 4.72 Å². The van der Waals surface area contributed by atoms with Crippen LogP contribution in [0.5, 0.6) is 5.75 Å². The minimum atomic E-state index is -3.56. The van der Waals surface area contributed by atoms with Crippen LogP contribution < -0.4 is 9.46 Å². The van der Waals surface area contributed by atoms with Crippen LogP contribution in [0.2, 0.25) is 0 Å². The average Bonchev–Trinajstić information content (AvgIpc) is 3.53. The van der Waals surface area contributed by atoms with Crippen LogP contribution in [0.25, 0.3) is 11.0 Å². The molecule has 1 atom stereocenters. The molecule has 0 amide bonds. The predicted molar refractivity (Wildman–Crippen MR) is 121 cm³/mol. The van der Waals surface area contributed by atoms with Crippen LogP contribution in [0.3, 0.4) is 0 Å². The van der Waals surface area contributed by atoms with E-state index in [1.54, 1.807) is 0 Å². The molecule has 0 aliphatic heterocycles. The summed E-state index contributed by atoms with van der Waals surface area (Å²) in [6, 6.07) is 3.84. The molecule has 2 aliphatic rings. The van der Waals surface area contributed by atoms with Gasteiger partial charge in [-0.15, -0.1) is 0 Å². The Morgan fingerprint density at radius 1 is 1.35 bits per heavy atom. The molecule has 1 heterocycles. The summed E-state index contributed by atoms with van der Waals surface area (Å²) in [4.78, 5) is 0. The highest BCUT2D eigenvalue weighted by Gasteiger charge is 2.34. The lowest BCUT2D eigenvalue weighted by Crippen LogP contribution is -2.31. The first kappa shape index (κ1) is 22.1. The molecule has 170 valence electrons. The third-order valence-corrected chi connectivity index (χ3v) is 7.78. The van der Waals surface area contributed by atoms with Crippen LogP contribution in [0.1, 0.15) is 63.4 Å². The van der Waals surface area contributed by atoms with Gasteiger partial charge < -0.3 is 14.0 Å². The number of nitrogens with zero attached hydrogens (tertiary/aromatic N) is 1. The Balaban J connectivity index is 1.59. The minimum Gasteiger partial charge on any atom is -0.493 e. The van der Waals surface area contributed by atoms with E-state index in [1.807, 2.05) is 12.1 Å². The van der Waals surface area contributed by atoms with Crippen LogP contribution in [-0.2, 0) is 14.8 Å². The Bertz CT molecular complexity index is 1060. The molecule has 8 heteroatoms. The Hall–Kier alpha value is -2.06. The van der Waals surface area contributed by atoms with E-state index >= 15 is 0 Å². The van der Waals surface area contributed by atoms with Crippen LogP contribution in [0.4, 0.5) is 5.82 Å². The van der Waals surface area contributed by atoms with E-state index in [4.69, 9.17) is 14.0 Å². The molecule has 2 aliphatic carbocycles. The smallest absolute Gasteiger partial charge is 0.236 e. The number of rotatable bonds is 10. The number of hydrogen-bond donors (Lipinski definition) is 1. The quantitative estimate of drug-likeness (QED) is 0.515. The molecule has 2 fully saturated rings. The molecule has 1 N–H and O–H groups in total. The van der Waals surface area contributed by atoms with Crippen molar-refractivity contribution in [1.29, 1.82) is 0 Å². The second kappa shape index (κ2) is 8.82. The molecule has 31 heavy (non-hydrogen) atoms. The van der Waals surface area contributed by atoms with Crippen molar-refractivity contribution >= 4 is 26.8 Å². The molecule has 7 nitrogen and oxygen atoms in total. The molecule has 0 spiro atoms. The highest BCUT2D eigenvalue weighted by atomic mass is 32.2. The molecule has 0 radical (unpaired) electrons. The van der Waals surface area contributed by atoms with Crippen LogP contribution in [0, 0.1) is 5.41 Å². The number of ether oxygens (including phenoxy) is 2. The summed E-state index contributed by atoms with van der Waals surface area (Å²) in [6.07, 6.45) is 7.72. The van der Waals surface area contributed by atoms with Crippen LogP contribution in [-0.4, -0.2) is 39.7 Å². The molecule has 0 bridgehead atoms. The van der Waals surface area contributed by atoms with E-state index in [0.29, 0.717) is 23.5 Å². The normalized spacial score (nSPS) is 22.1. The van der Waals surface area contributed by atoms with Gasteiger partial charge in [-0.25, -0.2) is 8.42 Å². The summed E-state index contributed by atoms with van der Waals surface area (Å²) in [7, 11) is -2.10. The van der Waals surface area contributed by atoms with Crippen molar-refractivity contribution < 1.29 is 22.4 Å². The van der Waals surface area contributed by atoms with Crippen molar-refractivity contribution in [3.63, 3.8) is 0 Å². The fourth-order valence-corrected chi connectivity index (χ4v) is 5.39. The number of hydrogen-bond acceptors (Lipinski definition) is 6. The van der Waals surface area contributed by atoms with Gasteiger partial charge in [-0.1, -0.05) is 24.2 Å². The second-order valence-corrected chi connectivity index (χ2v) is 10.9. The standard InChI is InChI=1S/C23H32N2O5S/c1-4-23(9-5-6-16(2)14-23)15-29-20-13-21-19(12-18(20)17-7-8-17)22(24-30-21)25-31(26,27)11-10-28-3/h12-13,17H,2,4-11,14-15H2,1,3H3,(H,24,25). The van der Waals surface area contributed by atoms with E-state index in [0.717, 1.165) is 49.8 Å². The van der Waals surface area contributed by atoms with Gasteiger partial charge in [0.25, 0.3) is 0 Å². The lowest BCUT2D eigenvalue weighted by molar-refractivity contribution is 0.111. The van der Waals surface area contributed by atoms with Gasteiger partial charge in [0, 0.05) is 18.6 Å². The summed E-state index contributed by atoms with van der Waals surface area (Å²) in [6.45, 7) is 7.21. The molecule has 1 aromatic carbocycles. The zero-order valence-electron chi connectivity index (χ0n) is 18.4. The first-order valence-electron chi connectivity index (χ1n) is 11.1. The molecule has 2 saturated carbocycles. The first-order chi connectivity index (χ1) is 14.8. The number of nitrogens with one attached hydrogen (secondary N) is 1. The predicted octanol–water partition coefficient (Wildman–Crippen LogP) is 5.00. The van der Waals surface area contributed by atoms with Crippen molar-refractivity contribution in [3.05, 3.63) is 29.8 Å². The van der Waals surface area contributed by atoms with Crippen molar-refractivity contribution in [2.75, 3.05) is 30.8 Å². The molecule has 4 rings (SSSR count). The van der Waals surface area contributed by atoms with Gasteiger partial charge in [0.05, 0.1) is 24.4 Å². The Kier molecular flexibility index (Phi) is 6.30. The van der Waals surface area contributed by atoms with Gasteiger partial charge in [0.15, 0.2) is 11.4 Å². The maximum atomic E-state index is 12.3. The zero-order valence-corrected chi connectivity index (χ0v) is 19.2. The number of fused-ring (bicyclic) bond motifs is 1. The summed E-state index contributed by atoms with van der Waals surface area (Å²) in [5.41, 5.74) is 3.07.